The predicted octanol–water partition coefficient (Wildman–Crippen LogP) is 3.16. The highest BCUT2D eigenvalue weighted by atomic mass is 32.2. The summed E-state index contributed by atoms with van der Waals surface area (Å²) in [6.07, 6.45) is 0.00413. The fourth-order valence-electron chi connectivity index (χ4n) is 2.63. The average molecular weight is 414 g/mol. The Labute approximate surface area is 170 Å². The molecule has 2 N–H and O–H groups in total. The summed E-state index contributed by atoms with van der Waals surface area (Å²) in [7, 11) is 1.56. The number of nitrogens with one attached hydrogen (secondary N) is 2. The average Bonchev–Trinajstić information content (AvgIpc) is 2.69. The number of anilines is 1. The number of aryl methyl sites for hydroxylation is 1. The van der Waals surface area contributed by atoms with E-state index in [1.165, 1.54) is 18.2 Å². The van der Waals surface area contributed by atoms with E-state index in [9.17, 15) is 19.7 Å². The molecule has 0 spiro atoms. The molecular weight excluding hydrogens is 396 g/mol. The topological polar surface area (TPSA) is 123 Å². The lowest BCUT2D eigenvalue weighted by atomic mass is 10.1. The molecule has 1 aliphatic rings. The number of nitrogens with zero attached hydrogens (tertiary/aromatic N) is 2. The molecule has 2 aromatic carbocycles. The normalized spacial score (nSPS) is 17.5. The molecular formula is C19H18N4O5S. The number of carbonyl (C=O) groups is 2. The fraction of sp³-hybridized carbons (Fsp3) is 0.211. The molecule has 1 atom stereocenters. The number of amides is 2. The van der Waals surface area contributed by atoms with Crippen LogP contribution in [0.15, 0.2) is 47.5 Å². The van der Waals surface area contributed by atoms with Crippen molar-refractivity contribution in [2.75, 3.05) is 12.4 Å². The molecule has 29 heavy (non-hydrogen) atoms. The molecule has 0 aliphatic carbocycles. The number of aliphatic imine (C=N–C) groups is 1. The molecule has 1 heterocycles. The molecule has 2 amide bonds. The van der Waals surface area contributed by atoms with Gasteiger partial charge in [-0.25, -0.2) is 4.99 Å². The number of carbonyl (C=O) groups excluding carboxylic acids is 2. The number of nitro benzene ring substituents is 1. The maximum absolute atomic E-state index is 12.6. The van der Waals surface area contributed by atoms with Crippen molar-refractivity contribution in [3.63, 3.8) is 0 Å². The van der Waals surface area contributed by atoms with Crippen LogP contribution in [-0.4, -0.2) is 34.3 Å². The standard InChI is InChI=1S/C19H18N4O5S/c1-11-9-13(23(26)27)5-8-15(11)21-18(25)16-10-17(24)22-19(29-16)20-12-3-6-14(28-2)7-4-12/h3-9,16H,10H2,1-2H3,(H,21,25)(H,20,22,24)/t16-/m1/s1. The molecule has 1 fully saturated rings. The molecule has 150 valence electrons. The van der Waals surface area contributed by atoms with Crippen molar-refractivity contribution < 1.29 is 19.2 Å². The minimum Gasteiger partial charge on any atom is -0.497 e. The maximum atomic E-state index is 12.6. The Kier molecular flexibility index (Phi) is 6.13. The zero-order valence-electron chi connectivity index (χ0n) is 15.7. The Hall–Kier alpha value is -3.40. The first-order valence-corrected chi connectivity index (χ1v) is 9.49. The summed E-state index contributed by atoms with van der Waals surface area (Å²) in [6, 6.07) is 11.1. The molecule has 1 aliphatic heterocycles. The van der Waals surface area contributed by atoms with Gasteiger partial charge in [0.2, 0.25) is 11.8 Å². The van der Waals surface area contributed by atoms with E-state index < -0.39 is 10.2 Å². The van der Waals surface area contributed by atoms with Crippen molar-refractivity contribution in [2.24, 2.45) is 4.99 Å². The van der Waals surface area contributed by atoms with Crippen LogP contribution in [0.1, 0.15) is 12.0 Å². The van der Waals surface area contributed by atoms with Crippen molar-refractivity contribution in [1.29, 1.82) is 0 Å². The second kappa shape index (κ2) is 8.74. The van der Waals surface area contributed by atoms with Crippen LogP contribution in [0, 0.1) is 17.0 Å². The van der Waals surface area contributed by atoms with Gasteiger partial charge < -0.3 is 15.4 Å². The molecule has 0 saturated carbocycles. The summed E-state index contributed by atoms with van der Waals surface area (Å²) < 4.78 is 5.10. The lowest BCUT2D eigenvalue weighted by Gasteiger charge is -2.22. The molecule has 9 nitrogen and oxygen atoms in total. The van der Waals surface area contributed by atoms with Gasteiger partial charge in [0.05, 0.1) is 17.7 Å². The van der Waals surface area contributed by atoms with Crippen LogP contribution in [0.25, 0.3) is 0 Å². The highest BCUT2D eigenvalue weighted by Crippen LogP contribution is 2.27. The highest BCUT2D eigenvalue weighted by Gasteiger charge is 2.30. The third-order valence-corrected chi connectivity index (χ3v) is 5.23. The van der Waals surface area contributed by atoms with E-state index in [4.69, 9.17) is 4.74 Å². The van der Waals surface area contributed by atoms with Gasteiger partial charge in [-0.1, -0.05) is 11.8 Å². The number of hydrogen-bond donors (Lipinski definition) is 2. The first-order valence-electron chi connectivity index (χ1n) is 8.61. The molecule has 1 saturated heterocycles. The van der Waals surface area contributed by atoms with Crippen molar-refractivity contribution in [1.82, 2.24) is 5.32 Å². The van der Waals surface area contributed by atoms with Gasteiger partial charge in [0.15, 0.2) is 5.17 Å². The molecule has 0 bridgehead atoms. The van der Waals surface area contributed by atoms with E-state index in [0.717, 1.165) is 11.8 Å². The summed E-state index contributed by atoms with van der Waals surface area (Å²) in [5.74, 6) is 0.00539. The Morgan fingerprint density at radius 2 is 2.03 bits per heavy atom. The number of non-ortho nitro benzene ring substituents is 1. The van der Waals surface area contributed by atoms with Crippen molar-refractivity contribution in [3.05, 3.63) is 58.1 Å². The smallest absolute Gasteiger partial charge is 0.269 e. The predicted molar refractivity (Wildman–Crippen MR) is 111 cm³/mol. The van der Waals surface area contributed by atoms with E-state index in [1.54, 1.807) is 38.3 Å². The van der Waals surface area contributed by atoms with Crippen LogP contribution in [-0.2, 0) is 9.59 Å². The number of hydrogen-bond acceptors (Lipinski definition) is 7. The van der Waals surface area contributed by atoms with E-state index >= 15 is 0 Å². The number of ether oxygens (including phenoxy) is 1. The van der Waals surface area contributed by atoms with Crippen LogP contribution in [0.4, 0.5) is 17.1 Å². The van der Waals surface area contributed by atoms with Crippen LogP contribution >= 0.6 is 11.8 Å². The lowest BCUT2D eigenvalue weighted by molar-refractivity contribution is -0.384. The first kappa shape index (κ1) is 20.3. The number of thioether (sulfide) groups is 1. The van der Waals surface area contributed by atoms with Crippen molar-refractivity contribution >= 4 is 45.8 Å². The number of benzene rings is 2. The van der Waals surface area contributed by atoms with Gasteiger partial charge >= 0.3 is 0 Å². The third-order valence-electron chi connectivity index (χ3n) is 4.15. The summed E-state index contributed by atoms with van der Waals surface area (Å²) >= 11 is 1.15. The molecule has 0 aromatic heterocycles. The number of rotatable bonds is 5. The zero-order valence-corrected chi connectivity index (χ0v) is 16.5. The van der Waals surface area contributed by atoms with E-state index in [1.807, 2.05) is 0 Å². The maximum Gasteiger partial charge on any atom is 0.269 e. The number of amidine groups is 1. The Morgan fingerprint density at radius 3 is 2.66 bits per heavy atom. The first-order chi connectivity index (χ1) is 13.9. The zero-order chi connectivity index (χ0) is 21.0. The van der Waals surface area contributed by atoms with Gasteiger partial charge in [-0.15, -0.1) is 0 Å². The summed E-state index contributed by atoms with van der Waals surface area (Å²) in [5, 5.41) is 15.9. The molecule has 0 radical (unpaired) electrons. The van der Waals surface area contributed by atoms with Crippen molar-refractivity contribution in [2.45, 2.75) is 18.6 Å². The largest absolute Gasteiger partial charge is 0.497 e. The second-order valence-electron chi connectivity index (χ2n) is 6.22. The summed E-state index contributed by atoms with van der Waals surface area (Å²) in [6.45, 7) is 1.67. The molecule has 0 unspecified atom stereocenters. The van der Waals surface area contributed by atoms with Crippen molar-refractivity contribution in [3.8, 4) is 5.75 Å². The molecule has 3 rings (SSSR count). The van der Waals surface area contributed by atoms with Gasteiger partial charge in [0.25, 0.3) is 5.69 Å². The van der Waals surface area contributed by atoms with Crippen LogP contribution in [0.5, 0.6) is 5.75 Å². The molecule has 10 heteroatoms. The minimum absolute atomic E-state index is 0.00413. The SMILES string of the molecule is COc1ccc(N=C2NC(=O)C[C@H](C(=O)Nc3ccc([N+](=O)[O-])cc3C)S2)cc1. The highest BCUT2D eigenvalue weighted by molar-refractivity contribution is 8.15. The summed E-state index contributed by atoms with van der Waals surface area (Å²) in [4.78, 5) is 39.4. The Morgan fingerprint density at radius 1 is 1.31 bits per heavy atom. The number of methoxy groups -OCH3 is 1. The monoisotopic (exact) mass is 414 g/mol. The van der Waals surface area contributed by atoms with Crippen LogP contribution in [0.2, 0.25) is 0 Å². The van der Waals surface area contributed by atoms with Gasteiger partial charge in [-0.2, -0.15) is 0 Å². The minimum atomic E-state index is -0.671. The van der Waals surface area contributed by atoms with Crippen LogP contribution in [0.3, 0.4) is 0 Å². The lowest BCUT2D eigenvalue weighted by Crippen LogP contribution is -2.41. The van der Waals surface area contributed by atoms with Gasteiger partial charge in [0.1, 0.15) is 11.0 Å². The van der Waals surface area contributed by atoms with Crippen LogP contribution < -0.4 is 15.4 Å². The second-order valence-corrected chi connectivity index (χ2v) is 7.41. The quantitative estimate of drug-likeness (QED) is 0.572. The number of nitro groups is 1. The van der Waals surface area contributed by atoms with E-state index in [2.05, 4.69) is 15.6 Å². The molecule has 2 aromatic rings. The van der Waals surface area contributed by atoms with Gasteiger partial charge in [0, 0.05) is 24.2 Å². The Balaban J connectivity index is 1.72. The van der Waals surface area contributed by atoms with Gasteiger partial charge in [-0.3, -0.25) is 19.7 Å². The fourth-order valence-corrected chi connectivity index (χ4v) is 3.64. The third kappa shape index (κ3) is 5.11. The van der Waals surface area contributed by atoms with E-state index in [0.29, 0.717) is 27.9 Å². The Bertz CT molecular complexity index is 991. The summed E-state index contributed by atoms with van der Waals surface area (Å²) in [5.41, 5.74) is 1.58. The van der Waals surface area contributed by atoms with E-state index in [-0.39, 0.29) is 23.9 Å². The van der Waals surface area contributed by atoms with Gasteiger partial charge in [-0.05, 0) is 42.8 Å².